The predicted molar refractivity (Wildman–Crippen MR) is 61.2 cm³/mol. The van der Waals surface area contributed by atoms with Gasteiger partial charge in [-0.15, -0.1) is 0 Å². The third kappa shape index (κ3) is 5.25. The average Bonchev–Trinajstić information content (AvgIpc) is 2.22. The van der Waals surface area contributed by atoms with Gasteiger partial charge in [-0.05, 0) is 12.8 Å². The first-order valence-electron chi connectivity index (χ1n) is 6.00. The summed E-state index contributed by atoms with van der Waals surface area (Å²) in [5.74, 6) is 0.342. The molecule has 1 fully saturated rings. The molecule has 2 heteroatoms. The van der Waals surface area contributed by atoms with E-state index in [1.807, 2.05) is 27.7 Å². The van der Waals surface area contributed by atoms with Gasteiger partial charge in [0.2, 0.25) is 5.91 Å². The molecule has 0 aromatic heterocycles. The van der Waals surface area contributed by atoms with Crippen molar-refractivity contribution in [3.63, 3.8) is 0 Å². The van der Waals surface area contributed by atoms with E-state index in [0.29, 0.717) is 6.04 Å². The lowest BCUT2D eigenvalue weighted by molar-refractivity contribution is -0.124. The molecule has 0 aliphatic heterocycles. The van der Waals surface area contributed by atoms with Gasteiger partial charge in [0, 0.05) is 12.0 Å². The Bertz CT molecular complexity index is 148. The van der Waals surface area contributed by atoms with E-state index in [1.54, 1.807) is 0 Å². The summed E-state index contributed by atoms with van der Waals surface area (Å²) in [7, 11) is 0. The Kier molecular flexibility index (Phi) is 7.54. The Morgan fingerprint density at radius 1 is 1.14 bits per heavy atom. The van der Waals surface area contributed by atoms with Crippen LogP contribution in [0.25, 0.3) is 0 Å². The van der Waals surface area contributed by atoms with Gasteiger partial charge < -0.3 is 5.32 Å². The molecule has 0 heterocycles. The maximum Gasteiger partial charge on any atom is 0.222 e. The third-order valence-corrected chi connectivity index (χ3v) is 2.48. The van der Waals surface area contributed by atoms with Crippen molar-refractivity contribution < 1.29 is 4.79 Å². The van der Waals surface area contributed by atoms with Crippen molar-refractivity contribution >= 4 is 5.91 Å². The molecule has 1 N–H and O–H groups in total. The van der Waals surface area contributed by atoms with Crippen LogP contribution in [0.5, 0.6) is 0 Å². The first-order valence-corrected chi connectivity index (χ1v) is 6.00. The summed E-state index contributed by atoms with van der Waals surface area (Å²) in [5, 5.41) is 3.08. The number of hydrogen-bond acceptors (Lipinski definition) is 1. The quantitative estimate of drug-likeness (QED) is 0.727. The lowest BCUT2D eigenvalue weighted by atomic mass is 9.95. The molecule has 0 spiro atoms. The number of hydrogen-bond donors (Lipinski definition) is 1. The number of carbonyl (C=O) groups excluding carboxylic acids is 1. The van der Waals surface area contributed by atoms with Gasteiger partial charge in [-0.2, -0.15) is 0 Å². The molecule has 1 rings (SSSR count). The zero-order valence-corrected chi connectivity index (χ0v) is 10.1. The highest BCUT2D eigenvalue weighted by Crippen LogP contribution is 2.17. The molecule has 0 aromatic carbocycles. The van der Waals surface area contributed by atoms with Crippen LogP contribution in [-0.2, 0) is 4.79 Å². The van der Waals surface area contributed by atoms with Gasteiger partial charge in [-0.25, -0.2) is 0 Å². The minimum atomic E-state index is 0.131. The SMILES string of the molecule is CC.CC(C)C(=O)NC1CCCCC1. The van der Waals surface area contributed by atoms with Gasteiger partial charge in [0.1, 0.15) is 0 Å². The second-order valence-corrected chi connectivity index (χ2v) is 4.00. The fourth-order valence-electron chi connectivity index (χ4n) is 1.61. The van der Waals surface area contributed by atoms with E-state index in [4.69, 9.17) is 0 Å². The molecule has 1 aliphatic carbocycles. The minimum absolute atomic E-state index is 0.131. The van der Waals surface area contributed by atoms with Crippen molar-refractivity contribution in [2.75, 3.05) is 0 Å². The molecule has 1 amide bonds. The van der Waals surface area contributed by atoms with Crippen molar-refractivity contribution in [2.45, 2.75) is 65.8 Å². The van der Waals surface area contributed by atoms with Crippen molar-refractivity contribution in [3.05, 3.63) is 0 Å². The predicted octanol–water partition coefficient (Wildman–Crippen LogP) is 3.12. The lowest BCUT2D eigenvalue weighted by Gasteiger charge is -2.23. The summed E-state index contributed by atoms with van der Waals surface area (Å²) < 4.78 is 0. The van der Waals surface area contributed by atoms with Crippen LogP contribution in [0.1, 0.15) is 59.8 Å². The van der Waals surface area contributed by atoms with E-state index in [1.165, 1.54) is 32.1 Å². The number of rotatable bonds is 2. The summed E-state index contributed by atoms with van der Waals surface area (Å²) in [6.45, 7) is 7.89. The van der Waals surface area contributed by atoms with E-state index >= 15 is 0 Å². The number of amides is 1. The smallest absolute Gasteiger partial charge is 0.222 e. The first-order chi connectivity index (χ1) is 6.70. The van der Waals surface area contributed by atoms with Crippen molar-refractivity contribution in [1.82, 2.24) is 5.32 Å². The van der Waals surface area contributed by atoms with Crippen LogP contribution in [0.2, 0.25) is 0 Å². The molecule has 2 nitrogen and oxygen atoms in total. The fourth-order valence-corrected chi connectivity index (χ4v) is 1.61. The zero-order valence-electron chi connectivity index (χ0n) is 10.1. The summed E-state index contributed by atoms with van der Waals surface area (Å²) in [4.78, 5) is 11.3. The zero-order chi connectivity index (χ0) is 11.0. The van der Waals surface area contributed by atoms with Gasteiger partial charge in [-0.1, -0.05) is 47.0 Å². The van der Waals surface area contributed by atoms with Crippen molar-refractivity contribution in [3.8, 4) is 0 Å². The van der Waals surface area contributed by atoms with Crippen LogP contribution >= 0.6 is 0 Å². The van der Waals surface area contributed by atoms with Crippen LogP contribution < -0.4 is 5.32 Å². The van der Waals surface area contributed by atoms with Gasteiger partial charge >= 0.3 is 0 Å². The van der Waals surface area contributed by atoms with Crippen molar-refractivity contribution in [1.29, 1.82) is 0 Å². The number of carbonyl (C=O) groups is 1. The summed E-state index contributed by atoms with van der Waals surface area (Å²) >= 11 is 0. The highest BCUT2D eigenvalue weighted by atomic mass is 16.1. The van der Waals surface area contributed by atoms with Gasteiger partial charge in [0.25, 0.3) is 0 Å². The number of nitrogens with one attached hydrogen (secondary N) is 1. The van der Waals surface area contributed by atoms with E-state index in [0.717, 1.165) is 0 Å². The molecule has 1 aliphatic rings. The average molecular weight is 199 g/mol. The van der Waals surface area contributed by atoms with Crippen LogP contribution in [-0.4, -0.2) is 11.9 Å². The largest absolute Gasteiger partial charge is 0.353 e. The Morgan fingerprint density at radius 2 is 1.64 bits per heavy atom. The van der Waals surface area contributed by atoms with Crippen LogP contribution in [0.4, 0.5) is 0 Å². The van der Waals surface area contributed by atoms with E-state index in [9.17, 15) is 4.79 Å². The van der Waals surface area contributed by atoms with Crippen molar-refractivity contribution in [2.24, 2.45) is 5.92 Å². The molecular formula is C12H25NO. The van der Waals surface area contributed by atoms with Crippen LogP contribution in [0.15, 0.2) is 0 Å². The normalized spacial score (nSPS) is 17.2. The van der Waals surface area contributed by atoms with Crippen LogP contribution in [0.3, 0.4) is 0 Å². The maximum atomic E-state index is 11.3. The second-order valence-electron chi connectivity index (χ2n) is 4.00. The van der Waals surface area contributed by atoms with E-state index in [2.05, 4.69) is 5.32 Å². The van der Waals surface area contributed by atoms with Gasteiger partial charge in [0.05, 0.1) is 0 Å². The highest BCUT2D eigenvalue weighted by molar-refractivity contribution is 5.78. The topological polar surface area (TPSA) is 29.1 Å². The molecule has 1 saturated carbocycles. The molecule has 0 saturated heterocycles. The Morgan fingerprint density at radius 3 is 2.07 bits per heavy atom. The minimum Gasteiger partial charge on any atom is -0.353 e. The Hall–Kier alpha value is -0.530. The standard InChI is InChI=1S/C10H19NO.C2H6/c1-8(2)10(12)11-9-6-4-3-5-7-9;1-2/h8-9H,3-7H2,1-2H3,(H,11,12);1-2H3. The van der Waals surface area contributed by atoms with E-state index < -0.39 is 0 Å². The molecule has 0 atom stereocenters. The van der Waals surface area contributed by atoms with E-state index in [-0.39, 0.29) is 11.8 Å². The molecule has 0 bridgehead atoms. The van der Waals surface area contributed by atoms with Gasteiger partial charge in [0.15, 0.2) is 0 Å². The molecule has 0 radical (unpaired) electrons. The monoisotopic (exact) mass is 199 g/mol. The fraction of sp³-hybridized carbons (Fsp3) is 0.917. The third-order valence-electron chi connectivity index (χ3n) is 2.48. The second kappa shape index (κ2) is 7.84. The summed E-state index contributed by atoms with van der Waals surface area (Å²) in [5.41, 5.74) is 0. The molecule has 14 heavy (non-hydrogen) atoms. The summed E-state index contributed by atoms with van der Waals surface area (Å²) in [6.07, 6.45) is 6.26. The molecule has 0 aromatic rings. The Balaban J connectivity index is 0.000000791. The first kappa shape index (κ1) is 13.5. The molecular weight excluding hydrogens is 174 g/mol. The maximum absolute atomic E-state index is 11.3. The highest BCUT2D eigenvalue weighted by Gasteiger charge is 2.16. The summed E-state index contributed by atoms with van der Waals surface area (Å²) in [6, 6.07) is 0.466. The lowest BCUT2D eigenvalue weighted by Crippen LogP contribution is -2.38. The van der Waals surface area contributed by atoms with Gasteiger partial charge in [-0.3, -0.25) is 4.79 Å². The van der Waals surface area contributed by atoms with Crippen LogP contribution in [0, 0.1) is 5.92 Å². The Labute approximate surface area is 88.5 Å². The molecule has 0 unspecified atom stereocenters. The molecule has 84 valence electrons.